The molecule has 0 fully saturated rings. The summed E-state index contributed by atoms with van der Waals surface area (Å²) < 4.78 is 10.6. The lowest BCUT2D eigenvalue weighted by atomic mass is 10.1. The van der Waals surface area contributed by atoms with Crippen molar-refractivity contribution >= 4 is 29.2 Å². The molecule has 10 nitrogen and oxygen atoms in total. The zero-order valence-electron chi connectivity index (χ0n) is 21.6. The molecule has 0 aromatic heterocycles. The highest BCUT2D eigenvalue weighted by atomic mass is 16.5. The average Bonchev–Trinajstić information content (AvgIpc) is 2.87. The van der Waals surface area contributed by atoms with E-state index in [1.807, 2.05) is 19.1 Å². The van der Waals surface area contributed by atoms with Crippen molar-refractivity contribution in [3.8, 4) is 0 Å². The predicted molar refractivity (Wildman–Crippen MR) is 139 cm³/mol. The molecule has 1 rings (SSSR count). The van der Waals surface area contributed by atoms with Gasteiger partial charge in [0.05, 0.1) is 13.2 Å². The number of Topliss-reactive ketones (excluding diaryl/α,β-unsaturated/α-hetero) is 1. The van der Waals surface area contributed by atoms with E-state index in [0.717, 1.165) is 18.7 Å². The van der Waals surface area contributed by atoms with Crippen LogP contribution in [0.3, 0.4) is 0 Å². The minimum atomic E-state index is -0.799. The highest BCUT2D eigenvalue weighted by Crippen LogP contribution is 2.09. The summed E-state index contributed by atoms with van der Waals surface area (Å²) in [6, 6.07) is 6.50. The molecule has 5 N–H and O–H groups in total. The number of hydrogen-bond donors (Lipinski definition) is 4. The molecular formula is C26H42N4O6. The van der Waals surface area contributed by atoms with E-state index in [9.17, 15) is 19.2 Å². The van der Waals surface area contributed by atoms with Crippen LogP contribution in [0.1, 0.15) is 69.2 Å². The standard InChI is InChI=1S/C26H42N4O6/c1-3-14-28-21-12-10-20(11-13-21)26(34)29-15-6-5-9-23(25(27)33)30-24(32)19-36-18-17-35-16-7-8-22(31)4-2/h10-13,23,28H,3-9,14-19H2,1-2H3,(H2,27,33)(H,29,34)(H,30,32)/t23-/m0/s1. The summed E-state index contributed by atoms with van der Waals surface area (Å²) in [6.07, 6.45) is 4.34. The van der Waals surface area contributed by atoms with Gasteiger partial charge in [0, 0.05) is 43.8 Å². The molecule has 0 radical (unpaired) electrons. The molecule has 1 aromatic rings. The molecule has 3 amide bonds. The molecule has 0 bridgehead atoms. The summed E-state index contributed by atoms with van der Waals surface area (Å²) in [5.74, 6) is -0.999. The van der Waals surface area contributed by atoms with Crippen LogP contribution in [-0.2, 0) is 23.9 Å². The molecule has 36 heavy (non-hydrogen) atoms. The number of anilines is 1. The van der Waals surface area contributed by atoms with E-state index in [1.54, 1.807) is 12.1 Å². The molecule has 0 saturated heterocycles. The van der Waals surface area contributed by atoms with Gasteiger partial charge in [-0.3, -0.25) is 19.2 Å². The van der Waals surface area contributed by atoms with Gasteiger partial charge < -0.3 is 31.2 Å². The smallest absolute Gasteiger partial charge is 0.251 e. The molecule has 0 heterocycles. The van der Waals surface area contributed by atoms with Gasteiger partial charge in [-0.1, -0.05) is 13.8 Å². The molecule has 0 unspecified atom stereocenters. The Morgan fingerprint density at radius 3 is 2.31 bits per heavy atom. The number of carbonyl (C=O) groups excluding carboxylic acids is 4. The fourth-order valence-corrected chi connectivity index (χ4v) is 3.24. The number of unbranched alkanes of at least 4 members (excludes halogenated alkanes) is 1. The lowest BCUT2D eigenvalue weighted by Crippen LogP contribution is -2.45. The third-order valence-corrected chi connectivity index (χ3v) is 5.35. The zero-order valence-corrected chi connectivity index (χ0v) is 21.6. The second kappa shape index (κ2) is 19.2. The van der Waals surface area contributed by atoms with Crippen molar-refractivity contribution in [1.29, 1.82) is 0 Å². The van der Waals surface area contributed by atoms with Gasteiger partial charge in [-0.05, 0) is 56.4 Å². The maximum atomic E-state index is 12.3. The van der Waals surface area contributed by atoms with Crippen molar-refractivity contribution in [2.75, 3.05) is 44.8 Å². The van der Waals surface area contributed by atoms with Crippen molar-refractivity contribution < 1.29 is 28.7 Å². The van der Waals surface area contributed by atoms with E-state index in [4.69, 9.17) is 15.2 Å². The minimum Gasteiger partial charge on any atom is -0.385 e. The second-order valence-electron chi connectivity index (χ2n) is 8.44. The van der Waals surface area contributed by atoms with Crippen LogP contribution in [0.2, 0.25) is 0 Å². The van der Waals surface area contributed by atoms with E-state index in [1.165, 1.54) is 0 Å². The van der Waals surface area contributed by atoms with Crippen LogP contribution in [0.25, 0.3) is 0 Å². The highest BCUT2D eigenvalue weighted by Gasteiger charge is 2.17. The Hall–Kier alpha value is -2.98. The summed E-state index contributed by atoms with van der Waals surface area (Å²) in [4.78, 5) is 47.2. The normalized spacial score (nSPS) is 11.5. The lowest BCUT2D eigenvalue weighted by molar-refractivity contribution is -0.130. The first-order valence-corrected chi connectivity index (χ1v) is 12.7. The Morgan fingerprint density at radius 1 is 0.917 bits per heavy atom. The molecule has 10 heteroatoms. The average molecular weight is 507 g/mol. The van der Waals surface area contributed by atoms with Gasteiger partial charge in [-0.15, -0.1) is 0 Å². The predicted octanol–water partition coefficient (Wildman–Crippen LogP) is 2.17. The first-order chi connectivity index (χ1) is 17.4. The van der Waals surface area contributed by atoms with E-state index >= 15 is 0 Å². The summed E-state index contributed by atoms with van der Waals surface area (Å²) in [5.41, 5.74) is 6.96. The van der Waals surface area contributed by atoms with Crippen LogP contribution < -0.4 is 21.7 Å². The summed E-state index contributed by atoms with van der Waals surface area (Å²) in [5, 5.41) is 8.70. The van der Waals surface area contributed by atoms with Gasteiger partial charge in [-0.2, -0.15) is 0 Å². The van der Waals surface area contributed by atoms with E-state index < -0.39 is 17.9 Å². The van der Waals surface area contributed by atoms with Crippen LogP contribution in [0.4, 0.5) is 5.69 Å². The lowest BCUT2D eigenvalue weighted by Gasteiger charge is -2.15. The number of rotatable bonds is 21. The molecule has 0 saturated carbocycles. The molecule has 0 spiro atoms. The second-order valence-corrected chi connectivity index (χ2v) is 8.44. The maximum Gasteiger partial charge on any atom is 0.251 e. The van der Waals surface area contributed by atoms with E-state index in [-0.39, 0.29) is 24.9 Å². The SMILES string of the molecule is CCCNc1ccc(C(=O)NCCCC[C@H](NC(=O)COCCOCCCC(=O)CC)C(N)=O)cc1. The van der Waals surface area contributed by atoms with Crippen molar-refractivity contribution in [2.45, 2.75) is 64.8 Å². The van der Waals surface area contributed by atoms with Crippen molar-refractivity contribution in [1.82, 2.24) is 10.6 Å². The Balaban J connectivity index is 2.17. The van der Waals surface area contributed by atoms with Crippen molar-refractivity contribution in [3.05, 3.63) is 29.8 Å². The summed E-state index contributed by atoms with van der Waals surface area (Å²) in [7, 11) is 0. The number of ether oxygens (including phenoxy) is 2. The number of nitrogens with two attached hydrogens (primary N) is 1. The zero-order chi connectivity index (χ0) is 26.6. The Morgan fingerprint density at radius 2 is 1.64 bits per heavy atom. The van der Waals surface area contributed by atoms with E-state index in [2.05, 4.69) is 22.9 Å². The molecule has 0 aliphatic rings. The van der Waals surface area contributed by atoms with Crippen LogP contribution in [0.15, 0.2) is 24.3 Å². The number of hydrogen-bond acceptors (Lipinski definition) is 7. The van der Waals surface area contributed by atoms with Gasteiger partial charge in [0.2, 0.25) is 11.8 Å². The summed E-state index contributed by atoms with van der Waals surface area (Å²) >= 11 is 0. The van der Waals surface area contributed by atoms with Gasteiger partial charge in [0.1, 0.15) is 18.4 Å². The maximum absolute atomic E-state index is 12.3. The summed E-state index contributed by atoms with van der Waals surface area (Å²) in [6.45, 7) is 6.06. The number of carbonyl (C=O) groups is 4. The Labute approximate surface area is 214 Å². The Kier molecular flexibility index (Phi) is 16.6. The molecule has 0 aliphatic heterocycles. The number of benzene rings is 1. The van der Waals surface area contributed by atoms with E-state index in [0.29, 0.717) is 63.8 Å². The Bertz CT molecular complexity index is 800. The number of primary amides is 1. The minimum absolute atomic E-state index is 0.160. The highest BCUT2D eigenvalue weighted by molar-refractivity contribution is 5.94. The van der Waals surface area contributed by atoms with Crippen LogP contribution in [0.5, 0.6) is 0 Å². The van der Waals surface area contributed by atoms with Gasteiger partial charge in [-0.25, -0.2) is 0 Å². The molecule has 0 aliphatic carbocycles. The largest absolute Gasteiger partial charge is 0.385 e. The molecule has 1 aromatic carbocycles. The molecule has 202 valence electrons. The quantitative estimate of drug-likeness (QED) is 0.187. The third-order valence-electron chi connectivity index (χ3n) is 5.35. The first-order valence-electron chi connectivity index (χ1n) is 12.7. The van der Waals surface area contributed by atoms with Gasteiger partial charge >= 0.3 is 0 Å². The third kappa shape index (κ3) is 14.4. The number of nitrogens with one attached hydrogen (secondary N) is 3. The van der Waals surface area contributed by atoms with Crippen LogP contribution >= 0.6 is 0 Å². The fourth-order valence-electron chi connectivity index (χ4n) is 3.24. The topological polar surface area (TPSA) is 149 Å². The van der Waals surface area contributed by atoms with Gasteiger partial charge in [0.25, 0.3) is 5.91 Å². The number of ketones is 1. The van der Waals surface area contributed by atoms with Crippen molar-refractivity contribution in [3.63, 3.8) is 0 Å². The molecule has 1 atom stereocenters. The fraction of sp³-hybridized carbons (Fsp3) is 0.615. The van der Waals surface area contributed by atoms with Gasteiger partial charge in [0.15, 0.2) is 0 Å². The van der Waals surface area contributed by atoms with Crippen LogP contribution in [-0.4, -0.2) is 69.1 Å². The molecular weight excluding hydrogens is 464 g/mol. The number of amides is 3. The van der Waals surface area contributed by atoms with Crippen molar-refractivity contribution in [2.24, 2.45) is 5.73 Å². The first kappa shape index (κ1) is 31.1. The van der Waals surface area contributed by atoms with Crippen LogP contribution in [0, 0.1) is 0 Å². The monoisotopic (exact) mass is 506 g/mol.